The fourth-order valence-corrected chi connectivity index (χ4v) is 3.25. The van der Waals surface area contributed by atoms with Crippen molar-refractivity contribution in [3.63, 3.8) is 0 Å². The third-order valence-electron chi connectivity index (χ3n) is 3.56. The molecule has 7 nitrogen and oxygen atoms in total. The topological polar surface area (TPSA) is 76.0 Å². The number of hydrogen-bond donors (Lipinski definition) is 1. The smallest absolute Gasteiger partial charge is 0.327 e. The van der Waals surface area contributed by atoms with E-state index >= 15 is 0 Å². The van der Waals surface area contributed by atoms with Crippen molar-refractivity contribution >= 4 is 33.5 Å². The first-order chi connectivity index (χ1) is 11.2. The second kappa shape index (κ2) is 6.93. The average molecular weight is 333 g/mol. The number of thiophene rings is 1. The summed E-state index contributed by atoms with van der Waals surface area (Å²) in [5, 5.41) is 3.10. The van der Waals surface area contributed by atoms with Gasteiger partial charge in [-0.3, -0.25) is 4.57 Å². The van der Waals surface area contributed by atoms with Gasteiger partial charge < -0.3 is 14.6 Å². The minimum Gasteiger partial charge on any atom is -0.385 e. The van der Waals surface area contributed by atoms with Crippen LogP contribution in [-0.4, -0.2) is 39.8 Å². The number of aromatic nitrogens is 4. The van der Waals surface area contributed by atoms with Gasteiger partial charge in [-0.05, 0) is 30.9 Å². The van der Waals surface area contributed by atoms with E-state index in [1.807, 2.05) is 22.4 Å². The highest BCUT2D eigenvalue weighted by Gasteiger charge is 2.15. The van der Waals surface area contributed by atoms with Crippen LogP contribution in [0, 0.1) is 0 Å². The monoisotopic (exact) mass is 333 g/mol. The zero-order valence-corrected chi connectivity index (χ0v) is 14.0. The van der Waals surface area contributed by atoms with Crippen LogP contribution in [0.25, 0.3) is 11.2 Å². The molecule has 3 heterocycles. The Morgan fingerprint density at radius 2 is 2.35 bits per heavy atom. The minimum absolute atomic E-state index is 0.165. The number of rotatable bonds is 7. The number of H-pyrrole nitrogens is 1. The normalized spacial score (nSPS) is 11.2. The van der Waals surface area contributed by atoms with Crippen LogP contribution < -0.4 is 10.6 Å². The van der Waals surface area contributed by atoms with Crippen molar-refractivity contribution in [2.45, 2.75) is 19.9 Å². The van der Waals surface area contributed by atoms with Crippen LogP contribution in [0.2, 0.25) is 0 Å². The molecule has 3 aromatic rings. The molecule has 0 bridgehead atoms. The third kappa shape index (κ3) is 3.13. The molecule has 0 fully saturated rings. The first kappa shape index (κ1) is 15.7. The number of aromatic amines is 1. The molecule has 3 rings (SSSR count). The van der Waals surface area contributed by atoms with Gasteiger partial charge in [0.25, 0.3) is 0 Å². The van der Waals surface area contributed by atoms with E-state index < -0.39 is 0 Å². The van der Waals surface area contributed by atoms with Crippen LogP contribution in [0.3, 0.4) is 0 Å². The van der Waals surface area contributed by atoms with E-state index in [1.54, 1.807) is 29.2 Å². The number of nitrogens with one attached hydrogen (secondary N) is 1. The molecule has 122 valence electrons. The van der Waals surface area contributed by atoms with Gasteiger partial charge in [-0.2, -0.15) is 4.98 Å². The Kier molecular flexibility index (Phi) is 4.73. The standard InChI is InChI=1S/C15H19N5O2S/c1-3-19(12-6-4-9-23-12)14-16-10-11-13(18-14)20(15(21)17-11)7-5-8-22-2/h4,6,9-10H,3,5,7-8H2,1-2H3,(H,17,21). The number of imidazole rings is 1. The SMILES string of the molecule is CCN(c1ncc2[nH]c(=O)n(CCCOC)c2n1)c1cccs1. The Morgan fingerprint density at radius 3 is 3.04 bits per heavy atom. The highest BCUT2D eigenvalue weighted by Crippen LogP contribution is 2.27. The molecule has 0 saturated carbocycles. The number of nitrogens with zero attached hydrogens (tertiary/aromatic N) is 4. The lowest BCUT2D eigenvalue weighted by Crippen LogP contribution is -2.20. The molecule has 0 aliphatic heterocycles. The number of hydrogen-bond acceptors (Lipinski definition) is 6. The van der Waals surface area contributed by atoms with E-state index in [9.17, 15) is 4.79 Å². The molecule has 0 radical (unpaired) electrons. The van der Waals surface area contributed by atoms with Gasteiger partial charge in [0.05, 0.1) is 11.2 Å². The van der Waals surface area contributed by atoms with Crippen LogP contribution in [0.1, 0.15) is 13.3 Å². The van der Waals surface area contributed by atoms with Crippen molar-refractivity contribution < 1.29 is 4.74 Å². The molecule has 8 heteroatoms. The Labute approximate surface area is 137 Å². The summed E-state index contributed by atoms with van der Waals surface area (Å²) < 4.78 is 6.70. The van der Waals surface area contributed by atoms with E-state index in [-0.39, 0.29) is 5.69 Å². The Bertz CT molecular complexity index is 824. The van der Waals surface area contributed by atoms with Gasteiger partial charge >= 0.3 is 5.69 Å². The van der Waals surface area contributed by atoms with Crippen LogP contribution in [0.5, 0.6) is 0 Å². The second-order valence-electron chi connectivity index (χ2n) is 5.03. The van der Waals surface area contributed by atoms with Crippen LogP contribution in [0.15, 0.2) is 28.5 Å². The summed E-state index contributed by atoms with van der Waals surface area (Å²) in [4.78, 5) is 25.9. The zero-order valence-electron chi connectivity index (χ0n) is 13.2. The van der Waals surface area contributed by atoms with Gasteiger partial charge in [-0.25, -0.2) is 9.78 Å². The maximum atomic E-state index is 12.1. The first-order valence-corrected chi connectivity index (χ1v) is 8.38. The highest BCUT2D eigenvalue weighted by atomic mass is 32.1. The molecule has 0 aliphatic carbocycles. The van der Waals surface area contributed by atoms with Gasteiger partial charge in [0.15, 0.2) is 5.65 Å². The molecule has 3 aromatic heterocycles. The average Bonchev–Trinajstić information content (AvgIpc) is 3.17. The van der Waals surface area contributed by atoms with E-state index in [1.165, 1.54) is 0 Å². The molecule has 0 aliphatic rings. The summed E-state index contributed by atoms with van der Waals surface area (Å²) in [6.07, 6.45) is 2.42. The van der Waals surface area contributed by atoms with Crippen LogP contribution >= 0.6 is 11.3 Å². The molecule has 0 spiro atoms. The van der Waals surface area contributed by atoms with E-state index in [4.69, 9.17) is 4.74 Å². The van der Waals surface area contributed by atoms with Crippen molar-refractivity contribution in [3.05, 3.63) is 34.2 Å². The molecular formula is C15H19N5O2S. The van der Waals surface area contributed by atoms with Crippen molar-refractivity contribution in [2.24, 2.45) is 0 Å². The Balaban J connectivity index is 1.99. The largest absolute Gasteiger partial charge is 0.385 e. The summed E-state index contributed by atoms with van der Waals surface area (Å²) >= 11 is 1.64. The summed E-state index contributed by atoms with van der Waals surface area (Å²) in [5.41, 5.74) is 1.12. The molecule has 23 heavy (non-hydrogen) atoms. The lowest BCUT2D eigenvalue weighted by Gasteiger charge is -2.18. The quantitative estimate of drug-likeness (QED) is 0.672. The minimum atomic E-state index is -0.165. The van der Waals surface area contributed by atoms with Crippen molar-refractivity contribution in [1.82, 2.24) is 19.5 Å². The van der Waals surface area contributed by atoms with Crippen LogP contribution in [0.4, 0.5) is 10.9 Å². The summed E-state index contributed by atoms with van der Waals surface area (Å²) in [7, 11) is 1.65. The molecule has 0 aromatic carbocycles. The highest BCUT2D eigenvalue weighted by molar-refractivity contribution is 7.14. The van der Waals surface area contributed by atoms with Crippen molar-refractivity contribution in [3.8, 4) is 0 Å². The molecular weight excluding hydrogens is 314 g/mol. The molecule has 0 unspecified atom stereocenters. The summed E-state index contributed by atoms with van der Waals surface area (Å²) in [6.45, 7) is 3.97. The molecule has 0 saturated heterocycles. The third-order valence-corrected chi connectivity index (χ3v) is 4.45. The predicted octanol–water partition coefficient (Wildman–Crippen LogP) is 2.38. The molecule has 1 N–H and O–H groups in total. The number of ether oxygens (including phenoxy) is 1. The van der Waals surface area contributed by atoms with Gasteiger partial charge in [0, 0.05) is 26.8 Å². The first-order valence-electron chi connectivity index (χ1n) is 7.50. The van der Waals surface area contributed by atoms with Gasteiger partial charge in [0.2, 0.25) is 5.95 Å². The summed E-state index contributed by atoms with van der Waals surface area (Å²) in [6, 6.07) is 4.03. The number of methoxy groups -OCH3 is 1. The van der Waals surface area contributed by atoms with Crippen LogP contribution in [-0.2, 0) is 11.3 Å². The Morgan fingerprint density at radius 1 is 1.48 bits per heavy atom. The van der Waals surface area contributed by atoms with Gasteiger partial charge in [0.1, 0.15) is 5.52 Å². The lowest BCUT2D eigenvalue weighted by atomic mass is 10.4. The predicted molar refractivity (Wildman–Crippen MR) is 91.6 cm³/mol. The number of aryl methyl sites for hydroxylation is 1. The molecule has 0 amide bonds. The molecule has 0 atom stereocenters. The van der Waals surface area contributed by atoms with E-state index in [0.717, 1.165) is 18.0 Å². The van der Waals surface area contributed by atoms with Gasteiger partial charge in [-0.1, -0.05) is 0 Å². The maximum absolute atomic E-state index is 12.1. The maximum Gasteiger partial charge on any atom is 0.327 e. The Hall–Kier alpha value is -2.19. The van der Waals surface area contributed by atoms with Gasteiger partial charge in [-0.15, -0.1) is 11.3 Å². The zero-order chi connectivity index (χ0) is 16.2. The lowest BCUT2D eigenvalue weighted by molar-refractivity contribution is 0.190. The number of fused-ring (bicyclic) bond motifs is 1. The fourth-order valence-electron chi connectivity index (χ4n) is 2.46. The number of anilines is 2. The van der Waals surface area contributed by atoms with E-state index in [0.29, 0.717) is 30.3 Å². The van der Waals surface area contributed by atoms with Crippen molar-refractivity contribution in [2.75, 3.05) is 25.2 Å². The second-order valence-corrected chi connectivity index (χ2v) is 5.96. The summed E-state index contributed by atoms with van der Waals surface area (Å²) in [5.74, 6) is 0.599. The van der Waals surface area contributed by atoms with Crippen molar-refractivity contribution in [1.29, 1.82) is 0 Å². The van der Waals surface area contributed by atoms with E-state index in [2.05, 4.69) is 21.9 Å². The fraction of sp³-hybridized carbons (Fsp3) is 0.400.